The van der Waals surface area contributed by atoms with Crippen LogP contribution in [0, 0.1) is 6.07 Å². The van der Waals surface area contributed by atoms with E-state index in [0.717, 1.165) is 0 Å². The van der Waals surface area contributed by atoms with Gasteiger partial charge in [-0.15, -0.1) is 11.3 Å². The zero-order valence-corrected chi connectivity index (χ0v) is 3.83. The fourth-order valence-electron chi connectivity index (χ4n) is 0.227. The summed E-state index contributed by atoms with van der Waals surface area (Å²) in [6.07, 6.45) is 0. The van der Waals surface area contributed by atoms with Crippen molar-refractivity contribution in [2.45, 2.75) is 0 Å². The molecule has 0 saturated carbocycles. The molecule has 1 rings (SSSR count). The van der Waals surface area contributed by atoms with E-state index in [4.69, 9.17) is 5.11 Å². The molecule has 1 radical (unpaired) electrons. The normalized spacial score (nSPS) is 8.67. The van der Waals surface area contributed by atoms with Gasteiger partial charge in [-0.2, -0.15) is 0 Å². The first-order valence-electron chi connectivity index (χ1n) is 1.52. The van der Waals surface area contributed by atoms with Crippen LogP contribution in [0.4, 0.5) is 0 Å². The predicted molar refractivity (Wildman–Crippen MR) is 24.8 cm³/mol. The summed E-state index contributed by atoms with van der Waals surface area (Å²) in [5, 5.41) is 11.8. The SMILES string of the molecule is Oc1[c]csc1. The number of rotatable bonds is 0. The first-order chi connectivity index (χ1) is 2.89. The van der Waals surface area contributed by atoms with Gasteiger partial charge in [0.25, 0.3) is 0 Å². The van der Waals surface area contributed by atoms with Crippen molar-refractivity contribution in [2.24, 2.45) is 0 Å². The highest BCUT2D eigenvalue weighted by Crippen LogP contribution is 2.09. The standard InChI is InChI=1S/C4H3OS/c5-4-1-2-6-3-4/h2-3,5H. The van der Waals surface area contributed by atoms with Crippen LogP contribution in [0.2, 0.25) is 0 Å². The van der Waals surface area contributed by atoms with Crippen LogP contribution in [0.3, 0.4) is 0 Å². The minimum absolute atomic E-state index is 0.236. The van der Waals surface area contributed by atoms with Gasteiger partial charge in [-0.1, -0.05) is 0 Å². The monoisotopic (exact) mass is 99.0 g/mol. The third-order valence-electron chi connectivity index (χ3n) is 0.455. The Morgan fingerprint density at radius 2 is 2.67 bits per heavy atom. The summed E-state index contributed by atoms with van der Waals surface area (Å²) in [6.45, 7) is 0. The third kappa shape index (κ3) is 0.518. The van der Waals surface area contributed by atoms with Gasteiger partial charge >= 0.3 is 0 Å². The van der Waals surface area contributed by atoms with Crippen molar-refractivity contribution in [1.82, 2.24) is 0 Å². The summed E-state index contributed by atoms with van der Waals surface area (Å²) >= 11 is 1.43. The molecule has 0 amide bonds. The van der Waals surface area contributed by atoms with Gasteiger partial charge in [0.15, 0.2) is 0 Å². The van der Waals surface area contributed by atoms with Crippen molar-refractivity contribution in [2.75, 3.05) is 0 Å². The molecule has 31 valence electrons. The Balaban J connectivity index is 3.05. The van der Waals surface area contributed by atoms with Gasteiger partial charge in [0.05, 0.1) is 0 Å². The van der Waals surface area contributed by atoms with Crippen molar-refractivity contribution in [3.05, 3.63) is 16.8 Å². The van der Waals surface area contributed by atoms with Gasteiger partial charge in [0.1, 0.15) is 5.75 Å². The highest BCUT2D eigenvalue weighted by Gasteiger charge is 1.78. The molecule has 0 atom stereocenters. The maximum absolute atomic E-state index is 8.43. The van der Waals surface area contributed by atoms with Gasteiger partial charge in [-0.05, 0) is 0 Å². The molecule has 0 aliphatic heterocycles. The Hall–Kier alpha value is -0.500. The molecular weight excluding hydrogens is 96.1 g/mol. The average molecular weight is 99.1 g/mol. The van der Waals surface area contributed by atoms with E-state index in [-0.39, 0.29) is 5.75 Å². The molecule has 0 aliphatic carbocycles. The van der Waals surface area contributed by atoms with Gasteiger partial charge in [0, 0.05) is 16.8 Å². The summed E-state index contributed by atoms with van der Waals surface area (Å²) in [7, 11) is 0. The lowest BCUT2D eigenvalue weighted by Gasteiger charge is -1.66. The van der Waals surface area contributed by atoms with Crippen LogP contribution in [-0.2, 0) is 0 Å². The van der Waals surface area contributed by atoms with Gasteiger partial charge in [-0.3, -0.25) is 0 Å². The Labute approximate surface area is 39.9 Å². The number of aromatic hydroxyl groups is 1. The number of thiophene rings is 1. The van der Waals surface area contributed by atoms with Crippen LogP contribution in [0.1, 0.15) is 0 Å². The summed E-state index contributed by atoms with van der Waals surface area (Å²) < 4.78 is 0. The molecule has 0 aromatic carbocycles. The molecule has 2 heteroatoms. The minimum Gasteiger partial charge on any atom is -0.506 e. The Bertz CT molecular complexity index is 111. The molecule has 0 aliphatic rings. The predicted octanol–water partition coefficient (Wildman–Crippen LogP) is 1.25. The van der Waals surface area contributed by atoms with E-state index in [1.807, 2.05) is 0 Å². The lowest BCUT2D eigenvalue weighted by molar-refractivity contribution is 0.477. The van der Waals surface area contributed by atoms with E-state index in [2.05, 4.69) is 6.07 Å². The van der Waals surface area contributed by atoms with Crippen molar-refractivity contribution < 1.29 is 5.11 Å². The third-order valence-corrected chi connectivity index (χ3v) is 1.07. The van der Waals surface area contributed by atoms with Crippen molar-refractivity contribution in [3.63, 3.8) is 0 Å². The second kappa shape index (κ2) is 1.30. The lowest BCUT2D eigenvalue weighted by Crippen LogP contribution is -1.41. The topological polar surface area (TPSA) is 20.2 Å². The minimum atomic E-state index is 0.236. The van der Waals surface area contributed by atoms with Crippen LogP contribution < -0.4 is 0 Å². The van der Waals surface area contributed by atoms with Gasteiger partial charge in [-0.25, -0.2) is 0 Å². The van der Waals surface area contributed by atoms with E-state index in [1.54, 1.807) is 10.8 Å². The smallest absolute Gasteiger partial charge is 0.134 e. The average Bonchev–Trinajstić information content (AvgIpc) is 1.86. The van der Waals surface area contributed by atoms with E-state index in [1.165, 1.54) is 11.3 Å². The van der Waals surface area contributed by atoms with Crippen molar-refractivity contribution in [1.29, 1.82) is 0 Å². The van der Waals surface area contributed by atoms with Crippen LogP contribution in [-0.4, -0.2) is 5.11 Å². The molecule has 1 N–H and O–H groups in total. The molecule has 1 heterocycles. The molecule has 1 aromatic heterocycles. The molecule has 1 aromatic rings. The molecule has 0 unspecified atom stereocenters. The van der Waals surface area contributed by atoms with Crippen LogP contribution >= 0.6 is 11.3 Å². The summed E-state index contributed by atoms with van der Waals surface area (Å²) in [4.78, 5) is 0. The molecule has 0 bridgehead atoms. The lowest BCUT2D eigenvalue weighted by atomic mass is 10.6. The van der Waals surface area contributed by atoms with E-state index < -0.39 is 0 Å². The highest BCUT2D eigenvalue weighted by molar-refractivity contribution is 7.08. The molecule has 0 fully saturated rings. The zero-order valence-electron chi connectivity index (χ0n) is 3.01. The van der Waals surface area contributed by atoms with Gasteiger partial charge in [0.2, 0.25) is 0 Å². The second-order valence-electron chi connectivity index (χ2n) is 0.901. The first kappa shape index (κ1) is 3.68. The molecule has 1 nitrogen and oxygen atoms in total. The van der Waals surface area contributed by atoms with Crippen LogP contribution in [0.5, 0.6) is 5.75 Å². The number of hydrogen-bond donors (Lipinski definition) is 1. The maximum Gasteiger partial charge on any atom is 0.134 e. The van der Waals surface area contributed by atoms with Crippen molar-refractivity contribution in [3.8, 4) is 5.75 Å². The second-order valence-corrected chi connectivity index (χ2v) is 1.64. The summed E-state index contributed by atoms with van der Waals surface area (Å²) in [6, 6.07) is 2.57. The van der Waals surface area contributed by atoms with E-state index >= 15 is 0 Å². The van der Waals surface area contributed by atoms with E-state index in [9.17, 15) is 0 Å². The molecule has 6 heavy (non-hydrogen) atoms. The fraction of sp³-hybridized carbons (Fsp3) is 0. The number of hydrogen-bond acceptors (Lipinski definition) is 2. The quantitative estimate of drug-likeness (QED) is 0.519. The fourth-order valence-corrected chi connectivity index (χ4v) is 0.681. The van der Waals surface area contributed by atoms with Crippen molar-refractivity contribution >= 4 is 11.3 Å². The maximum atomic E-state index is 8.43. The van der Waals surface area contributed by atoms with Crippen LogP contribution in [0.15, 0.2) is 10.8 Å². The zero-order chi connectivity index (χ0) is 4.41. The van der Waals surface area contributed by atoms with Crippen LogP contribution in [0.25, 0.3) is 0 Å². The molecule has 0 saturated heterocycles. The summed E-state index contributed by atoms with van der Waals surface area (Å²) in [5.41, 5.74) is 0. The Morgan fingerprint density at radius 3 is 2.83 bits per heavy atom. The Kier molecular flexibility index (Phi) is 0.801. The van der Waals surface area contributed by atoms with Gasteiger partial charge < -0.3 is 5.11 Å². The molecule has 0 spiro atoms. The first-order valence-corrected chi connectivity index (χ1v) is 2.47. The highest BCUT2D eigenvalue weighted by atomic mass is 32.1. The Morgan fingerprint density at radius 1 is 1.83 bits per heavy atom. The largest absolute Gasteiger partial charge is 0.506 e. The van der Waals surface area contributed by atoms with E-state index in [0.29, 0.717) is 0 Å². The summed E-state index contributed by atoms with van der Waals surface area (Å²) in [5.74, 6) is 0.236. The molecular formula is C4H3OS.